The van der Waals surface area contributed by atoms with E-state index in [0.29, 0.717) is 5.56 Å². The first-order valence-corrected chi connectivity index (χ1v) is 6.73. The summed E-state index contributed by atoms with van der Waals surface area (Å²) in [6, 6.07) is 7.23. The molecule has 1 N–H and O–H groups in total. The van der Waals surface area contributed by atoms with Gasteiger partial charge in [0.1, 0.15) is 0 Å². The zero-order valence-electron chi connectivity index (χ0n) is 10.9. The van der Waals surface area contributed by atoms with E-state index in [4.69, 9.17) is 5.11 Å². The number of rotatable bonds is 4. The molecule has 0 spiro atoms. The van der Waals surface area contributed by atoms with Crippen molar-refractivity contribution in [2.24, 2.45) is 5.92 Å². The predicted octanol–water partition coefficient (Wildman–Crippen LogP) is 4.37. The monoisotopic (exact) mass is 244 g/mol. The minimum Gasteiger partial charge on any atom is -0.478 e. The molecule has 96 valence electrons. The molecule has 0 bridgehead atoms. The van der Waals surface area contributed by atoms with Crippen LogP contribution >= 0.6 is 0 Å². The largest absolute Gasteiger partial charge is 0.478 e. The normalized spacial score (nSPS) is 19.4. The van der Waals surface area contributed by atoms with Crippen LogP contribution in [0, 0.1) is 5.92 Å². The Hall–Kier alpha value is -1.57. The van der Waals surface area contributed by atoms with E-state index < -0.39 is 5.97 Å². The second-order valence-electron chi connectivity index (χ2n) is 5.04. The van der Waals surface area contributed by atoms with Gasteiger partial charge in [0.05, 0.1) is 5.56 Å². The summed E-state index contributed by atoms with van der Waals surface area (Å²) in [7, 11) is 0. The van der Waals surface area contributed by atoms with Crippen LogP contribution < -0.4 is 0 Å². The number of aromatic carboxylic acids is 1. The average molecular weight is 244 g/mol. The third-order valence-corrected chi connectivity index (χ3v) is 3.72. The second-order valence-corrected chi connectivity index (χ2v) is 5.04. The molecule has 0 radical (unpaired) electrons. The van der Waals surface area contributed by atoms with Crippen molar-refractivity contribution in [3.8, 4) is 0 Å². The average Bonchev–Trinajstić information content (AvgIpc) is 2.40. The van der Waals surface area contributed by atoms with E-state index in [0.717, 1.165) is 12.3 Å². The maximum atomic E-state index is 10.8. The molecule has 1 aliphatic carbocycles. The number of carbonyl (C=O) groups is 1. The van der Waals surface area contributed by atoms with Crippen LogP contribution in [0.2, 0.25) is 0 Å². The van der Waals surface area contributed by atoms with Crippen LogP contribution in [0.4, 0.5) is 0 Å². The van der Waals surface area contributed by atoms with Gasteiger partial charge in [-0.1, -0.05) is 38.0 Å². The second kappa shape index (κ2) is 5.85. The van der Waals surface area contributed by atoms with Crippen molar-refractivity contribution in [2.75, 3.05) is 0 Å². The summed E-state index contributed by atoms with van der Waals surface area (Å²) < 4.78 is 0. The Balaban J connectivity index is 2.06. The van der Waals surface area contributed by atoms with Crippen LogP contribution in [0.3, 0.4) is 0 Å². The van der Waals surface area contributed by atoms with E-state index in [1.807, 2.05) is 12.1 Å². The summed E-state index contributed by atoms with van der Waals surface area (Å²) in [5, 5.41) is 8.87. The number of carboxylic acids is 1. The summed E-state index contributed by atoms with van der Waals surface area (Å²) in [6.07, 6.45) is 8.48. The smallest absolute Gasteiger partial charge is 0.335 e. The molecule has 0 heterocycles. The molecule has 0 fully saturated rings. The van der Waals surface area contributed by atoms with E-state index in [1.54, 1.807) is 12.1 Å². The van der Waals surface area contributed by atoms with Crippen LogP contribution in [0.25, 0.3) is 5.57 Å². The van der Waals surface area contributed by atoms with Gasteiger partial charge < -0.3 is 5.11 Å². The fourth-order valence-corrected chi connectivity index (χ4v) is 2.65. The summed E-state index contributed by atoms with van der Waals surface area (Å²) >= 11 is 0. The van der Waals surface area contributed by atoms with Crippen molar-refractivity contribution in [1.82, 2.24) is 0 Å². The first-order valence-electron chi connectivity index (χ1n) is 6.73. The highest BCUT2D eigenvalue weighted by molar-refractivity contribution is 5.88. The van der Waals surface area contributed by atoms with Gasteiger partial charge in [-0.05, 0) is 48.4 Å². The number of hydrogen-bond donors (Lipinski definition) is 1. The molecular weight excluding hydrogens is 224 g/mol. The highest BCUT2D eigenvalue weighted by Crippen LogP contribution is 2.32. The van der Waals surface area contributed by atoms with E-state index in [9.17, 15) is 4.79 Å². The van der Waals surface area contributed by atoms with Crippen LogP contribution in [-0.2, 0) is 0 Å². The third-order valence-electron chi connectivity index (χ3n) is 3.72. The molecule has 2 rings (SSSR count). The van der Waals surface area contributed by atoms with Crippen LogP contribution in [0.15, 0.2) is 30.3 Å². The molecule has 0 saturated heterocycles. The van der Waals surface area contributed by atoms with Crippen molar-refractivity contribution >= 4 is 11.5 Å². The summed E-state index contributed by atoms with van der Waals surface area (Å²) in [6.45, 7) is 2.24. The molecule has 18 heavy (non-hydrogen) atoms. The molecule has 1 aromatic carbocycles. The van der Waals surface area contributed by atoms with Crippen molar-refractivity contribution in [3.05, 3.63) is 41.5 Å². The van der Waals surface area contributed by atoms with Gasteiger partial charge in [-0.3, -0.25) is 0 Å². The zero-order valence-corrected chi connectivity index (χ0v) is 10.9. The Kier molecular flexibility index (Phi) is 4.19. The lowest BCUT2D eigenvalue weighted by molar-refractivity contribution is 0.0697. The predicted molar refractivity (Wildman–Crippen MR) is 73.6 cm³/mol. The Morgan fingerprint density at radius 1 is 1.33 bits per heavy atom. The number of hydrogen-bond acceptors (Lipinski definition) is 1. The number of benzene rings is 1. The molecule has 1 aromatic rings. The fraction of sp³-hybridized carbons (Fsp3) is 0.438. The maximum absolute atomic E-state index is 10.8. The van der Waals surface area contributed by atoms with Crippen molar-refractivity contribution in [2.45, 2.75) is 39.0 Å². The Labute approximate surface area is 108 Å². The quantitative estimate of drug-likeness (QED) is 0.854. The van der Waals surface area contributed by atoms with Crippen LogP contribution in [0.1, 0.15) is 54.9 Å². The third kappa shape index (κ3) is 3.00. The standard InChI is InChI=1S/C16H20O2/c1-2-3-12-4-6-13(7-5-12)14-8-10-15(11-9-14)16(17)18/h6,8-12H,2-5,7H2,1H3,(H,17,18). The Morgan fingerprint density at radius 3 is 2.56 bits per heavy atom. The SMILES string of the molecule is CCCC1CC=C(c2ccc(C(=O)O)cc2)CC1. The van der Waals surface area contributed by atoms with Crippen molar-refractivity contribution < 1.29 is 9.90 Å². The highest BCUT2D eigenvalue weighted by Gasteiger charge is 2.14. The molecule has 2 nitrogen and oxygen atoms in total. The number of carboxylic acid groups (broad SMARTS) is 1. The van der Waals surface area contributed by atoms with Gasteiger partial charge in [-0.2, -0.15) is 0 Å². The van der Waals surface area contributed by atoms with E-state index in [-0.39, 0.29) is 0 Å². The first-order chi connectivity index (χ1) is 8.70. The summed E-state index contributed by atoms with van der Waals surface area (Å²) in [5.74, 6) is -0.0146. The van der Waals surface area contributed by atoms with Crippen molar-refractivity contribution in [1.29, 1.82) is 0 Å². The van der Waals surface area contributed by atoms with Gasteiger partial charge in [-0.25, -0.2) is 4.79 Å². The molecule has 2 heteroatoms. The highest BCUT2D eigenvalue weighted by atomic mass is 16.4. The van der Waals surface area contributed by atoms with Gasteiger partial charge in [0.25, 0.3) is 0 Å². The molecule has 0 aliphatic heterocycles. The minimum atomic E-state index is -0.859. The molecular formula is C16H20O2. The van der Waals surface area contributed by atoms with Crippen molar-refractivity contribution in [3.63, 3.8) is 0 Å². The molecule has 0 saturated carbocycles. The molecule has 1 atom stereocenters. The summed E-state index contributed by atoms with van der Waals surface area (Å²) in [4.78, 5) is 10.8. The molecule has 0 aromatic heterocycles. The summed E-state index contributed by atoms with van der Waals surface area (Å²) in [5.41, 5.74) is 2.91. The first kappa shape index (κ1) is 12.9. The van der Waals surface area contributed by atoms with Gasteiger partial charge in [0.15, 0.2) is 0 Å². The maximum Gasteiger partial charge on any atom is 0.335 e. The minimum absolute atomic E-state index is 0.360. The topological polar surface area (TPSA) is 37.3 Å². The number of allylic oxidation sites excluding steroid dienone is 2. The Morgan fingerprint density at radius 2 is 2.06 bits per heavy atom. The lowest BCUT2D eigenvalue weighted by Gasteiger charge is -2.21. The van der Waals surface area contributed by atoms with Gasteiger partial charge in [-0.15, -0.1) is 0 Å². The lowest BCUT2D eigenvalue weighted by Crippen LogP contribution is -2.05. The van der Waals surface area contributed by atoms with E-state index >= 15 is 0 Å². The lowest BCUT2D eigenvalue weighted by atomic mass is 9.84. The fourth-order valence-electron chi connectivity index (χ4n) is 2.65. The van der Waals surface area contributed by atoms with E-state index in [2.05, 4.69) is 13.0 Å². The van der Waals surface area contributed by atoms with E-state index in [1.165, 1.54) is 36.8 Å². The Bertz CT molecular complexity index is 443. The molecule has 1 aliphatic rings. The van der Waals surface area contributed by atoms with Crippen LogP contribution in [-0.4, -0.2) is 11.1 Å². The van der Waals surface area contributed by atoms with Crippen LogP contribution in [0.5, 0.6) is 0 Å². The molecule has 1 unspecified atom stereocenters. The molecule has 0 amide bonds. The van der Waals surface area contributed by atoms with Gasteiger partial charge in [0, 0.05) is 0 Å². The van der Waals surface area contributed by atoms with Gasteiger partial charge >= 0.3 is 5.97 Å². The van der Waals surface area contributed by atoms with Gasteiger partial charge in [0.2, 0.25) is 0 Å². The zero-order chi connectivity index (χ0) is 13.0.